The van der Waals surface area contributed by atoms with Crippen molar-refractivity contribution in [3.63, 3.8) is 0 Å². The van der Waals surface area contributed by atoms with E-state index in [1.54, 1.807) is 5.57 Å². The fourth-order valence-electron chi connectivity index (χ4n) is 2.33. The van der Waals surface area contributed by atoms with Crippen LogP contribution in [0.4, 0.5) is 0 Å². The van der Waals surface area contributed by atoms with Crippen molar-refractivity contribution in [3.05, 3.63) is 11.6 Å². The van der Waals surface area contributed by atoms with Gasteiger partial charge in [0.25, 0.3) is 0 Å². The SMILES string of the molecule is C/C=C(\CCC(CC)CC(C)N)C(C)(C)C. The molecule has 0 heterocycles. The summed E-state index contributed by atoms with van der Waals surface area (Å²) in [6.45, 7) is 13.5. The third kappa shape index (κ3) is 6.32. The third-order valence-corrected chi connectivity index (χ3v) is 3.42. The van der Waals surface area contributed by atoms with Gasteiger partial charge < -0.3 is 5.73 Å². The molecule has 0 saturated carbocycles. The first-order valence-corrected chi connectivity index (χ1v) is 6.72. The normalized spacial score (nSPS) is 17.3. The van der Waals surface area contributed by atoms with Crippen molar-refractivity contribution in [2.75, 3.05) is 0 Å². The van der Waals surface area contributed by atoms with Crippen LogP contribution in [0.25, 0.3) is 0 Å². The molecule has 0 radical (unpaired) electrons. The highest BCUT2D eigenvalue weighted by atomic mass is 14.6. The number of hydrogen-bond acceptors (Lipinski definition) is 1. The van der Waals surface area contributed by atoms with Crippen molar-refractivity contribution in [2.45, 2.75) is 73.3 Å². The van der Waals surface area contributed by atoms with Gasteiger partial charge in [0.05, 0.1) is 0 Å². The largest absolute Gasteiger partial charge is 0.328 e. The van der Waals surface area contributed by atoms with E-state index in [0.29, 0.717) is 11.5 Å². The maximum atomic E-state index is 5.88. The van der Waals surface area contributed by atoms with Gasteiger partial charge in [-0.05, 0) is 44.4 Å². The quantitative estimate of drug-likeness (QED) is 0.661. The Labute approximate surface area is 102 Å². The Bertz CT molecular complexity index is 208. The van der Waals surface area contributed by atoms with E-state index in [1.807, 2.05) is 0 Å². The monoisotopic (exact) mass is 225 g/mol. The van der Waals surface area contributed by atoms with Crippen LogP contribution in [0.1, 0.15) is 67.2 Å². The lowest BCUT2D eigenvalue weighted by molar-refractivity contribution is 0.385. The van der Waals surface area contributed by atoms with Crippen LogP contribution in [0.2, 0.25) is 0 Å². The Morgan fingerprint density at radius 1 is 1.31 bits per heavy atom. The second kappa shape index (κ2) is 7.11. The molecular weight excluding hydrogens is 194 g/mol. The van der Waals surface area contributed by atoms with E-state index in [2.05, 4.69) is 47.6 Å². The van der Waals surface area contributed by atoms with Crippen LogP contribution in [0.15, 0.2) is 11.6 Å². The lowest BCUT2D eigenvalue weighted by Gasteiger charge is -2.25. The van der Waals surface area contributed by atoms with E-state index in [9.17, 15) is 0 Å². The van der Waals surface area contributed by atoms with Crippen LogP contribution in [-0.2, 0) is 0 Å². The molecule has 0 amide bonds. The molecular formula is C15H31N. The summed E-state index contributed by atoms with van der Waals surface area (Å²) in [6, 6.07) is 0.341. The second-order valence-corrected chi connectivity index (χ2v) is 6.09. The zero-order chi connectivity index (χ0) is 12.8. The van der Waals surface area contributed by atoms with E-state index < -0.39 is 0 Å². The number of hydrogen-bond donors (Lipinski definition) is 1. The molecule has 0 aliphatic rings. The van der Waals surface area contributed by atoms with Gasteiger partial charge in [0.15, 0.2) is 0 Å². The third-order valence-electron chi connectivity index (χ3n) is 3.42. The summed E-state index contributed by atoms with van der Waals surface area (Å²) < 4.78 is 0. The molecule has 16 heavy (non-hydrogen) atoms. The van der Waals surface area contributed by atoms with E-state index in [4.69, 9.17) is 5.73 Å². The Kier molecular flexibility index (Phi) is 6.98. The van der Waals surface area contributed by atoms with Crippen molar-refractivity contribution in [3.8, 4) is 0 Å². The molecule has 0 spiro atoms. The molecule has 0 aromatic carbocycles. The lowest BCUT2D eigenvalue weighted by Crippen LogP contribution is -2.20. The summed E-state index contributed by atoms with van der Waals surface area (Å²) in [5.74, 6) is 0.789. The van der Waals surface area contributed by atoms with Crippen molar-refractivity contribution in [1.82, 2.24) is 0 Å². The molecule has 2 N–H and O–H groups in total. The maximum Gasteiger partial charge on any atom is 0.00131 e. The van der Waals surface area contributed by atoms with Gasteiger partial charge in [0, 0.05) is 6.04 Å². The van der Waals surface area contributed by atoms with Crippen LogP contribution in [0, 0.1) is 11.3 Å². The molecule has 0 bridgehead atoms. The van der Waals surface area contributed by atoms with Crippen LogP contribution >= 0.6 is 0 Å². The second-order valence-electron chi connectivity index (χ2n) is 6.09. The summed E-state index contributed by atoms with van der Waals surface area (Å²) in [5, 5.41) is 0. The molecule has 0 saturated heterocycles. The zero-order valence-electron chi connectivity index (χ0n) is 12.1. The first-order valence-electron chi connectivity index (χ1n) is 6.72. The molecule has 1 heteroatoms. The Morgan fingerprint density at radius 3 is 2.19 bits per heavy atom. The average molecular weight is 225 g/mol. The summed E-state index contributed by atoms with van der Waals surface area (Å²) in [6.07, 6.45) is 7.22. The molecule has 0 aliphatic carbocycles. The molecule has 1 nitrogen and oxygen atoms in total. The Morgan fingerprint density at radius 2 is 1.88 bits per heavy atom. The molecule has 0 aromatic rings. The fraction of sp³-hybridized carbons (Fsp3) is 0.867. The topological polar surface area (TPSA) is 26.0 Å². The molecule has 0 aliphatic heterocycles. The van der Waals surface area contributed by atoms with Crippen LogP contribution in [-0.4, -0.2) is 6.04 Å². The predicted molar refractivity (Wildman–Crippen MR) is 74.5 cm³/mol. The number of allylic oxidation sites excluding steroid dienone is 2. The van der Waals surface area contributed by atoms with Crippen LogP contribution in [0.3, 0.4) is 0 Å². The minimum atomic E-state index is 0.321. The van der Waals surface area contributed by atoms with Crippen LogP contribution < -0.4 is 5.73 Å². The van der Waals surface area contributed by atoms with E-state index >= 15 is 0 Å². The minimum Gasteiger partial charge on any atom is -0.328 e. The Hall–Kier alpha value is -0.300. The summed E-state index contributed by atoms with van der Waals surface area (Å²) in [5.41, 5.74) is 7.78. The molecule has 2 unspecified atom stereocenters. The smallest absolute Gasteiger partial charge is 0.00131 e. The van der Waals surface area contributed by atoms with E-state index in [-0.39, 0.29) is 0 Å². The van der Waals surface area contributed by atoms with Crippen molar-refractivity contribution >= 4 is 0 Å². The number of rotatable bonds is 6. The molecule has 96 valence electrons. The highest BCUT2D eigenvalue weighted by molar-refractivity contribution is 5.09. The standard InChI is InChI=1S/C15H31N/c1-7-13(11-12(3)16)9-10-14(8-2)15(4,5)6/h8,12-13H,7,9-11,16H2,1-6H3/b14-8+. The van der Waals surface area contributed by atoms with Gasteiger partial charge in [-0.2, -0.15) is 0 Å². The van der Waals surface area contributed by atoms with E-state index in [0.717, 1.165) is 12.3 Å². The van der Waals surface area contributed by atoms with Crippen molar-refractivity contribution in [1.29, 1.82) is 0 Å². The van der Waals surface area contributed by atoms with Gasteiger partial charge in [-0.25, -0.2) is 0 Å². The summed E-state index contributed by atoms with van der Waals surface area (Å²) >= 11 is 0. The van der Waals surface area contributed by atoms with Gasteiger partial charge in [-0.3, -0.25) is 0 Å². The Balaban J connectivity index is 4.20. The number of nitrogens with two attached hydrogens (primary N) is 1. The molecule has 2 atom stereocenters. The first-order chi connectivity index (χ1) is 7.31. The fourth-order valence-corrected chi connectivity index (χ4v) is 2.33. The lowest BCUT2D eigenvalue weighted by atomic mass is 9.81. The van der Waals surface area contributed by atoms with Gasteiger partial charge in [-0.15, -0.1) is 0 Å². The van der Waals surface area contributed by atoms with Crippen molar-refractivity contribution in [2.24, 2.45) is 17.1 Å². The summed E-state index contributed by atoms with van der Waals surface area (Å²) in [7, 11) is 0. The van der Waals surface area contributed by atoms with Crippen LogP contribution in [0.5, 0.6) is 0 Å². The highest BCUT2D eigenvalue weighted by Gasteiger charge is 2.17. The molecule has 0 aromatic heterocycles. The average Bonchev–Trinajstić information content (AvgIpc) is 2.14. The molecule has 0 rings (SSSR count). The zero-order valence-corrected chi connectivity index (χ0v) is 12.1. The highest BCUT2D eigenvalue weighted by Crippen LogP contribution is 2.31. The van der Waals surface area contributed by atoms with Gasteiger partial charge in [0.1, 0.15) is 0 Å². The van der Waals surface area contributed by atoms with Gasteiger partial charge in [0.2, 0.25) is 0 Å². The van der Waals surface area contributed by atoms with Gasteiger partial charge in [-0.1, -0.05) is 45.8 Å². The predicted octanol–water partition coefficient (Wildman–Crippen LogP) is 4.52. The first kappa shape index (κ1) is 15.7. The summed E-state index contributed by atoms with van der Waals surface area (Å²) in [4.78, 5) is 0. The van der Waals surface area contributed by atoms with Crippen molar-refractivity contribution < 1.29 is 0 Å². The molecule has 0 fully saturated rings. The van der Waals surface area contributed by atoms with E-state index in [1.165, 1.54) is 19.3 Å². The minimum absolute atomic E-state index is 0.321. The van der Waals surface area contributed by atoms with Gasteiger partial charge >= 0.3 is 0 Å². The maximum absolute atomic E-state index is 5.88.